The molecule has 0 spiro atoms. The van der Waals surface area contributed by atoms with Gasteiger partial charge in [-0.2, -0.15) is 5.21 Å². The van der Waals surface area contributed by atoms with Crippen molar-refractivity contribution in [2.24, 2.45) is 0 Å². The molecule has 0 radical (unpaired) electrons. The number of rotatable bonds is 10. The topological polar surface area (TPSA) is 105 Å². The predicted octanol–water partition coefficient (Wildman–Crippen LogP) is 4.34. The summed E-state index contributed by atoms with van der Waals surface area (Å²) in [5.74, 6) is 2.30. The van der Waals surface area contributed by atoms with Crippen molar-refractivity contribution in [1.29, 1.82) is 0 Å². The number of carbonyl (C=O) groups excluding carboxylic acids is 1. The lowest BCUT2D eigenvalue weighted by atomic mass is 10.2. The third-order valence-corrected chi connectivity index (χ3v) is 5.18. The van der Waals surface area contributed by atoms with E-state index in [1.807, 2.05) is 30.3 Å². The first-order valence-corrected chi connectivity index (χ1v) is 10.9. The number of para-hydroxylation sites is 1. The Balaban J connectivity index is 1.34. The van der Waals surface area contributed by atoms with Crippen LogP contribution in [0.2, 0.25) is 5.02 Å². The maximum Gasteiger partial charge on any atom is 0.238 e. The van der Waals surface area contributed by atoms with E-state index < -0.39 is 6.04 Å². The Bertz CT molecular complexity index is 1170. The van der Waals surface area contributed by atoms with Crippen LogP contribution in [0, 0.1) is 0 Å². The summed E-state index contributed by atoms with van der Waals surface area (Å²) in [7, 11) is 1.79. The quantitative estimate of drug-likeness (QED) is 0.349. The second-order valence-electron chi connectivity index (χ2n) is 7.45. The first kappa shape index (κ1) is 23.2. The number of nitrogens with zero attached hydrogens (tertiary/aromatic N) is 4. The van der Waals surface area contributed by atoms with Crippen LogP contribution in [0.3, 0.4) is 0 Å². The number of H-pyrrole nitrogens is 1. The molecular weight excluding hydrogens is 456 g/mol. The number of aromatic nitrogens is 4. The minimum absolute atomic E-state index is 0.0887. The number of tetrazole rings is 1. The molecule has 0 aliphatic rings. The fourth-order valence-electron chi connectivity index (χ4n) is 3.18. The molecule has 3 aromatic carbocycles. The molecule has 4 rings (SSSR count). The Morgan fingerprint density at radius 2 is 1.68 bits per heavy atom. The molecule has 1 aromatic heterocycles. The van der Waals surface area contributed by atoms with Gasteiger partial charge in [0.05, 0.1) is 6.54 Å². The molecule has 0 aliphatic carbocycles. The molecule has 1 amide bonds. The first-order chi connectivity index (χ1) is 16.6. The molecule has 2 N–H and O–H groups in total. The number of nitrogens with one attached hydrogen (secondary N) is 2. The molecule has 0 aliphatic heterocycles. The Labute approximate surface area is 201 Å². The van der Waals surface area contributed by atoms with Crippen LogP contribution >= 0.6 is 11.6 Å². The summed E-state index contributed by atoms with van der Waals surface area (Å²) in [4.78, 5) is 14.5. The van der Waals surface area contributed by atoms with E-state index in [9.17, 15) is 4.79 Å². The Kier molecular flexibility index (Phi) is 7.69. The van der Waals surface area contributed by atoms with E-state index in [1.165, 1.54) is 0 Å². The normalized spacial score (nSPS) is 11.7. The molecule has 0 saturated carbocycles. The smallest absolute Gasteiger partial charge is 0.238 e. The maximum absolute atomic E-state index is 12.7. The summed E-state index contributed by atoms with van der Waals surface area (Å²) in [5, 5.41) is 17.7. The first-order valence-electron chi connectivity index (χ1n) is 10.5. The molecule has 0 fully saturated rings. The number of hydrogen-bond donors (Lipinski definition) is 2. The Hall–Kier alpha value is -3.95. The fourth-order valence-corrected chi connectivity index (χ4v) is 3.31. The van der Waals surface area contributed by atoms with Crippen molar-refractivity contribution >= 4 is 23.2 Å². The maximum atomic E-state index is 12.7. The van der Waals surface area contributed by atoms with Gasteiger partial charge in [0.15, 0.2) is 5.82 Å². The highest BCUT2D eigenvalue weighted by Gasteiger charge is 2.24. The molecule has 1 unspecified atom stereocenters. The van der Waals surface area contributed by atoms with Gasteiger partial charge in [0, 0.05) is 10.7 Å². The highest BCUT2D eigenvalue weighted by Crippen LogP contribution is 2.23. The molecule has 0 saturated heterocycles. The summed E-state index contributed by atoms with van der Waals surface area (Å²) in [6.45, 7) is 0.307. The van der Waals surface area contributed by atoms with E-state index in [1.54, 1.807) is 60.5 Å². The molecule has 4 aromatic rings. The van der Waals surface area contributed by atoms with Gasteiger partial charge in [-0.05, 0) is 67.7 Å². The van der Waals surface area contributed by atoms with Crippen molar-refractivity contribution in [2.45, 2.75) is 6.04 Å². The SMILES string of the molecule is CN(CC(=O)Nc1ccc(Oc2ccccc2)cc1)C(COc1ccc(Cl)cc1)c1nn[nH]n1. The molecule has 0 bridgehead atoms. The van der Waals surface area contributed by atoms with Gasteiger partial charge in [-0.25, -0.2) is 0 Å². The van der Waals surface area contributed by atoms with Gasteiger partial charge in [0.1, 0.15) is 29.9 Å². The largest absolute Gasteiger partial charge is 0.491 e. The number of ether oxygens (including phenoxy) is 2. The lowest BCUT2D eigenvalue weighted by Crippen LogP contribution is -2.36. The van der Waals surface area contributed by atoms with Crippen LogP contribution in [-0.2, 0) is 4.79 Å². The molecule has 10 heteroatoms. The highest BCUT2D eigenvalue weighted by molar-refractivity contribution is 6.30. The van der Waals surface area contributed by atoms with Crippen molar-refractivity contribution < 1.29 is 14.3 Å². The van der Waals surface area contributed by atoms with Crippen LogP contribution < -0.4 is 14.8 Å². The second kappa shape index (κ2) is 11.3. The summed E-state index contributed by atoms with van der Waals surface area (Å²) in [5.41, 5.74) is 0.660. The Morgan fingerprint density at radius 1 is 1.00 bits per heavy atom. The van der Waals surface area contributed by atoms with Gasteiger partial charge < -0.3 is 14.8 Å². The minimum atomic E-state index is -0.401. The summed E-state index contributed by atoms with van der Waals surface area (Å²) >= 11 is 5.93. The average molecular weight is 479 g/mol. The summed E-state index contributed by atoms with van der Waals surface area (Å²) in [6, 6.07) is 23.3. The number of amides is 1. The van der Waals surface area contributed by atoms with Crippen LogP contribution in [0.25, 0.3) is 0 Å². The van der Waals surface area contributed by atoms with E-state index in [0.717, 1.165) is 5.75 Å². The van der Waals surface area contributed by atoms with Crippen molar-refractivity contribution in [3.05, 3.63) is 89.7 Å². The van der Waals surface area contributed by atoms with Crippen molar-refractivity contribution in [2.75, 3.05) is 25.5 Å². The zero-order chi connectivity index (χ0) is 23.8. The molecule has 1 heterocycles. The monoisotopic (exact) mass is 478 g/mol. The molecular formula is C24H23ClN6O3. The number of likely N-dealkylation sites (N-methyl/N-ethyl adjacent to an activating group) is 1. The van der Waals surface area contributed by atoms with E-state index in [2.05, 4.69) is 25.9 Å². The van der Waals surface area contributed by atoms with Gasteiger partial charge in [0.2, 0.25) is 5.91 Å². The number of aromatic amines is 1. The van der Waals surface area contributed by atoms with Gasteiger partial charge in [-0.15, -0.1) is 10.2 Å². The zero-order valence-corrected chi connectivity index (χ0v) is 19.1. The third-order valence-electron chi connectivity index (χ3n) is 4.92. The number of benzene rings is 3. The average Bonchev–Trinajstić information content (AvgIpc) is 3.37. The predicted molar refractivity (Wildman–Crippen MR) is 128 cm³/mol. The standard InChI is InChI=1S/C24H23ClN6O3/c1-31(22(24-27-29-30-28-24)16-33-19-11-7-17(25)8-12-19)15-23(32)26-18-9-13-21(14-10-18)34-20-5-3-2-4-6-20/h2-14,22H,15-16H2,1H3,(H,26,32)(H,27,28,29,30). The lowest BCUT2D eigenvalue weighted by Gasteiger charge is -2.25. The number of anilines is 1. The van der Waals surface area contributed by atoms with Gasteiger partial charge >= 0.3 is 0 Å². The lowest BCUT2D eigenvalue weighted by molar-refractivity contribution is -0.117. The number of halogens is 1. The molecule has 174 valence electrons. The van der Waals surface area contributed by atoms with Crippen LogP contribution in [0.4, 0.5) is 5.69 Å². The van der Waals surface area contributed by atoms with Crippen LogP contribution in [-0.4, -0.2) is 51.6 Å². The van der Waals surface area contributed by atoms with Crippen LogP contribution in [0.15, 0.2) is 78.9 Å². The third kappa shape index (κ3) is 6.53. The summed E-state index contributed by atoms with van der Waals surface area (Å²) < 4.78 is 11.6. The fraction of sp³-hybridized carbons (Fsp3) is 0.167. The zero-order valence-electron chi connectivity index (χ0n) is 18.4. The van der Waals surface area contributed by atoms with Gasteiger partial charge in [-0.3, -0.25) is 9.69 Å². The molecule has 34 heavy (non-hydrogen) atoms. The second-order valence-corrected chi connectivity index (χ2v) is 7.89. The van der Waals surface area contributed by atoms with E-state index in [-0.39, 0.29) is 19.1 Å². The van der Waals surface area contributed by atoms with Crippen molar-refractivity contribution in [3.63, 3.8) is 0 Å². The highest BCUT2D eigenvalue weighted by atomic mass is 35.5. The van der Waals surface area contributed by atoms with E-state index in [4.69, 9.17) is 21.1 Å². The van der Waals surface area contributed by atoms with Crippen LogP contribution in [0.1, 0.15) is 11.9 Å². The Morgan fingerprint density at radius 3 is 2.35 bits per heavy atom. The number of carbonyl (C=O) groups is 1. The number of hydrogen-bond acceptors (Lipinski definition) is 7. The van der Waals surface area contributed by atoms with Crippen molar-refractivity contribution in [1.82, 2.24) is 25.5 Å². The van der Waals surface area contributed by atoms with Crippen molar-refractivity contribution in [3.8, 4) is 17.2 Å². The molecule has 1 atom stereocenters. The minimum Gasteiger partial charge on any atom is -0.491 e. The van der Waals surface area contributed by atoms with E-state index in [0.29, 0.717) is 28.0 Å². The van der Waals surface area contributed by atoms with Gasteiger partial charge in [0.25, 0.3) is 0 Å². The van der Waals surface area contributed by atoms with Gasteiger partial charge in [-0.1, -0.05) is 35.0 Å². The van der Waals surface area contributed by atoms with E-state index >= 15 is 0 Å². The molecule has 9 nitrogen and oxygen atoms in total. The van der Waals surface area contributed by atoms with Crippen LogP contribution in [0.5, 0.6) is 17.2 Å². The summed E-state index contributed by atoms with van der Waals surface area (Å²) in [6.07, 6.45) is 0.